The fourth-order valence-corrected chi connectivity index (χ4v) is 0.808. The van der Waals surface area contributed by atoms with Gasteiger partial charge in [0.2, 0.25) is 0 Å². The first-order valence-corrected chi connectivity index (χ1v) is 3.50. The Morgan fingerprint density at radius 2 is 1.87 bits per heavy atom. The molecule has 0 aromatic heterocycles. The van der Waals surface area contributed by atoms with Gasteiger partial charge >= 0.3 is 29.6 Å². The van der Waals surface area contributed by atoms with E-state index in [-0.39, 0.29) is 46.5 Å². The first kappa shape index (κ1) is 16.4. The summed E-state index contributed by atoms with van der Waals surface area (Å²) < 4.78 is 0. The number of carboxylic acids is 1. The molecule has 0 fully saturated rings. The van der Waals surface area contributed by atoms with Crippen LogP contribution in [0.1, 0.15) is 5.56 Å². The molecule has 0 saturated heterocycles. The van der Waals surface area contributed by atoms with Crippen LogP contribution < -0.4 is 34.7 Å². The quantitative estimate of drug-likeness (QED) is 0.301. The van der Waals surface area contributed by atoms with E-state index >= 15 is 0 Å². The van der Waals surface area contributed by atoms with E-state index in [0.717, 1.165) is 6.08 Å². The van der Waals surface area contributed by atoms with Crippen LogP contribution in [0, 0.1) is 0 Å². The zero-order valence-electron chi connectivity index (χ0n) is 8.10. The average Bonchev–Trinajstić information content (AvgIpc) is 2.07. The van der Waals surface area contributed by atoms with Crippen LogP contribution in [0.25, 0.3) is 6.08 Å². The third-order valence-corrected chi connectivity index (χ3v) is 1.41. The third-order valence-electron chi connectivity index (χ3n) is 1.41. The summed E-state index contributed by atoms with van der Waals surface area (Å²) in [6, 6.07) is 3.98. The minimum atomic E-state index is -1.31. The Kier molecular flexibility index (Phi) is 8.00. The Balaban J connectivity index is 0. The van der Waals surface area contributed by atoms with E-state index in [1.807, 2.05) is 0 Å². The Hall–Kier alpha value is -1.01. The van der Waals surface area contributed by atoms with Gasteiger partial charge in [-0.2, -0.15) is 0 Å². The number of carbonyl (C=O) groups excluding carboxylic acids is 1. The first-order valence-electron chi connectivity index (χ1n) is 3.50. The summed E-state index contributed by atoms with van der Waals surface area (Å²) in [7, 11) is 0. The van der Waals surface area contributed by atoms with Crippen molar-refractivity contribution in [1.82, 2.24) is 0 Å². The summed E-state index contributed by atoms with van der Waals surface area (Å²) in [5.74, 6) is -1.85. The smallest absolute Gasteiger partial charge is 0.545 e. The molecule has 0 radical (unpaired) electrons. The topological polar surface area (TPSA) is 112 Å². The van der Waals surface area contributed by atoms with E-state index in [2.05, 4.69) is 0 Å². The van der Waals surface area contributed by atoms with Gasteiger partial charge in [0.1, 0.15) is 0 Å². The van der Waals surface area contributed by atoms with E-state index in [9.17, 15) is 9.90 Å². The predicted molar refractivity (Wildman–Crippen MR) is 47.4 cm³/mol. The zero-order valence-corrected chi connectivity index (χ0v) is 10.1. The molecular formula is C9H9NaO5. The fraction of sp³-hybridized carbons (Fsp3) is 0. The van der Waals surface area contributed by atoms with E-state index in [0.29, 0.717) is 5.56 Å². The Morgan fingerprint density at radius 1 is 1.27 bits per heavy atom. The van der Waals surface area contributed by atoms with Crippen molar-refractivity contribution in [2.75, 3.05) is 0 Å². The molecule has 15 heavy (non-hydrogen) atoms. The first-order chi connectivity index (χ1) is 6.09. The van der Waals surface area contributed by atoms with E-state index in [1.54, 1.807) is 0 Å². The third kappa shape index (κ3) is 5.44. The van der Waals surface area contributed by atoms with Gasteiger partial charge < -0.3 is 25.6 Å². The maximum atomic E-state index is 10.0. The van der Waals surface area contributed by atoms with Crippen LogP contribution in [0.15, 0.2) is 24.3 Å². The number of carboxylic acid groups (broad SMARTS) is 1. The molecule has 1 aromatic carbocycles. The molecular weight excluding hydrogens is 211 g/mol. The van der Waals surface area contributed by atoms with Crippen molar-refractivity contribution in [2.45, 2.75) is 0 Å². The molecule has 1 aromatic rings. The standard InChI is InChI=1S/C9H8O4.Na.H2O/c10-7-3-1-6(5-8(7)11)2-4-9(12)13;;/h1-5,10-11H,(H,12,13);;1H2/q;+1;/p-1/b4-2+;;. The van der Waals surface area contributed by atoms with Crippen LogP contribution >= 0.6 is 0 Å². The second kappa shape index (κ2) is 7.30. The number of phenolic OH excluding ortho intramolecular Hbond substituents is 2. The molecule has 0 atom stereocenters. The molecule has 5 nitrogen and oxygen atoms in total. The number of aromatic hydroxyl groups is 2. The minimum absolute atomic E-state index is 0. The van der Waals surface area contributed by atoms with Crippen LogP contribution in [0.4, 0.5) is 0 Å². The molecule has 76 valence electrons. The Bertz CT molecular complexity index is 362. The number of hydrogen-bond donors (Lipinski definition) is 2. The molecule has 0 aliphatic heterocycles. The monoisotopic (exact) mass is 220 g/mol. The zero-order chi connectivity index (χ0) is 9.84. The minimum Gasteiger partial charge on any atom is -0.545 e. The molecule has 0 aliphatic rings. The number of rotatable bonds is 2. The molecule has 0 heterocycles. The van der Waals surface area contributed by atoms with Crippen LogP contribution in [-0.2, 0) is 4.79 Å². The molecule has 6 heteroatoms. The number of benzene rings is 1. The van der Waals surface area contributed by atoms with Crippen LogP contribution in [-0.4, -0.2) is 21.7 Å². The largest absolute Gasteiger partial charge is 1.00 e. The van der Waals surface area contributed by atoms with Gasteiger partial charge in [0.05, 0.1) is 5.97 Å². The second-order valence-electron chi connectivity index (χ2n) is 2.40. The molecule has 1 rings (SSSR count). The molecule has 0 aliphatic carbocycles. The number of carbonyl (C=O) groups is 1. The van der Waals surface area contributed by atoms with Gasteiger partial charge in [0, 0.05) is 0 Å². The molecule has 0 amide bonds. The summed E-state index contributed by atoms with van der Waals surface area (Å²) in [5.41, 5.74) is 0.472. The maximum Gasteiger partial charge on any atom is 1.00 e. The molecule has 0 saturated carbocycles. The predicted octanol–water partition coefficient (Wildman–Crippen LogP) is -3.96. The van der Waals surface area contributed by atoms with Crippen LogP contribution in [0.3, 0.4) is 0 Å². The molecule has 0 bridgehead atoms. The number of hydrogen-bond acceptors (Lipinski definition) is 4. The van der Waals surface area contributed by atoms with Crippen molar-refractivity contribution in [3.8, 4) is 11.5 Å². The summed E-state index contributed by atoms with van der Waals surface area (Å²) in [6.07, 6.45) is 2.10. The Labute approximate surface area is 108 Å². The van der Waals surface area contributed by atoms with Crippen molar-refractivity contribution in [3.05, 3.63) is 29.8 Å². The molecule has 0 spiro atoms. The van der Waals surface area contributed by atoms with Crippen LogP contribution in [0.2, 0.25) is 0 Å². The fourth-order valence-electron chi connectivity index (χ4n) is 0.808. The van der Waals surface area contributed by atoms with Gasteiger partial charge in [0.15, 0.2) is 11.5 Å². The van der Waals surface area contributed by atoms with Crippen molar-refractivity contribution in [3.63, 3.8) is 0 Å². The van der Waals surface area contributed by atoms with E-state index < -0.39 is 5.97 Å². The molecule has 4 N–H and O–H groups in total. The van der Waals surface area contributed by atoms with Gasteiger partial charge in [-0.1, -0.05) is 12.1 Å². The Morgan fingerprint density at radius 3 is 2.33 bits per heavy atom. The summed E-state index contributed by atoms with van der Waals surface area (Å²) >= 11 is 0. The van der Waals surface area contributed by atoms with Gasteiger partial charge in [-0.25, -0.2) is 0 Å². The number of phenols is 2. The van der Waals surface area contributed by atoms with E-state index in [1.165, 1.54) is 24.3 Å². The number of aliphatic carboxylic acids is 1. The van der Waals surface area contributed by atoms with Crippen molar-refractivity contribution in [2.24, 2.45) is 0 Å². The van der Waals surface area contributed by atoms with Crippen LogP contribution in [0.5, 0.6) is 11.5 Å². The molecule has 0 unspecified atom stereocenters. The average molecular weight is 220 g/mol. The summed E-state index contributed by atoms with van der Waals surface area (Å²) in [6.45, 7) is 0. The summed E-state index contributed by atoms with van der Waals surface area (Å²) in [5, 5.41) is 28.0. The SMILES string of the molecule is O.O=C([O-])/C=C/c1ccc(O)c(O)c1.[Na+]. The van der Waals surface area contributed by atoms with Gasteiger partial charge in [-0.15, -0.1) is 0 Å². The van der Waals surface area contributed by atoms with Crippen molar-refractivity contribution < 1.29 is 55.1 Å². The normalized spacial score (nSPS) is 9.07. The summed E-state index contributed by atoms with van der Waals surface area (Å²) in [4.78, 5) is 10.0. The van der Waals surface area contributed by atoms with Crippen molar-refractivity contribution >= 4 is 12.0 Å². The van der Waals surface area contributed by atoms with Crippen molar-refractivity contribution in [1.29, 1.82) is 0 Å². The second-order valence-corrected chi connectivity index (χ2v) is 2.40. The van der Waals surface area contributed by atoms with Gasteiger partial charge in [0.25, 0.3) is 0 Å². The van der Waals surface area contributed by atoms with Gasteiger partial charge in [-0.3, -0.25) is 0 Å². The van der Waals surface area contributed by atoms with E-state index in [4.69, 9.17) is 10.2 Å². The van der Waals surface area contributed by atoms with Gasteiger partial charge in [-0.05, 0) is 23.8 Å². The maximum absolute atomic E-state index is 10.0.